The van der Waals surface area contributed by atoms with Gasteiger partial charge in [-0.15, -0.1) is 0 Å². The van der Waals surface area contributed by atoms with Crippen molar-refractivity contribution in [2.75, 3.05) is 20.1 Å². The SMILES string of the molecule is CN(CCC#N)C(=O)NCCc1ccc(C(=O)O)cc1. The van der Waals surface area contributed by atoms with Crippen molar-refractivity contribution >= 4 is 12.0 Å². The number of amides is 2. The number of carboxylic acid groups (broad SMARTS) is 1. The summed E-state index contributed by atoms with van der Waals surface area (Å²) in [6.45, 7) is 0.859. The number of hydrogen-bond donors (Lipinski definition) is 2. The van der Waals surface area contributed by atoms with Crippen LogP contribution in [0.3, 0.4) is 0 Å². The molecule has 6 nitrogen and oxygen atoms in total. The molecule has 1 rings (SSSR count). The van der Waals surface area contributed by atoms with Crippen molar-refractivity contribution in [3.8, 4) is 6.07 Å². The van der Waals surface area contributed by atoms with Gasteiger partial charge >= 0.3 is 12.0 Å². The number of nitrogens with zero attached hydrogens (tertiary/aromatic N) is 2. The van der Waals surface area contributed by atoms with Gasteiger partial charge in [0.1, 0.15) is 0 Å². The van der Waals surface area contributed by atoms with E-state index in [0.29, 0.717) is 25.9 Å². The molecule has 0 saturated heterocycles. The van der Waals surface area contributed by atoms with Crippen LogP contribution in [0.1, 0.15) is 22.3 Å². The molecule has 0 aliphatic heterocycles. The molecule has 6 heteroatoms. The lowest BCUT2D eigenvalue weighted by Gasteiger charge is -2.16. The normalized spacial score (nSPS) is 9.60. The van der Waals surface area contributed by atoms with Crippen molar-refractivity contribution in [1.29, 1.82) is 5.26 Å². The van der Waals surface area contributed by atoms with E-state index in [-0.39, 0.29) is 11.6 Å². The third kappa shape index (κ3) is 4.98. The Morgan fingerprint density at radius 3 is 2.55 bits per heavy atom. The lowest BCUT2D eigenvalue weighted by molar-refractivity contribution is 0.0697. The van der Waals surface area contributed by atoms with Crippen LogP contribution in [0, 0.1) is 11.3 Å². The predicted octanol–water partition coefficient (Wildman–Crippen LogP) is 1.48. The van der Waals surface area contributed by atoms with Gasteiger partial charge in [-0.2, -0.15) is 5.26 Å². The summed E-state index contributed by atoms with van der Waals surface area (Å²) < 4.78 is 0. The number of hydrogen-bond acceptors (Lipinski definition) is 3. The van der Waals surface area contributed by atoms with E-state index in [1.54, 1.807) is 31.3 Å². The second-order valence-electron chi connectivity index (χ2n) is 4.31. The number of urea groups is 1. The Labute approximate surface area is 117 Å². The summed E-state index contributed by atoms with van der Waals surface area (Å²) in [5.41, 5.74) is 1.20. The van der Waals surface area contributed by atoms with Crippen LogP contribution in [0.25, 0.3) is 0 Å². The third-order valence-electron chi connectivity index (χ3n) is 2.80. The Hall–Kier alpha value is -2.55. The fourth-order valence-electron chi connectivity index (χ4n) is 1.58. The first-order valence-corrected chi connectivity index (χ1v) is 6.22. The van der Waals surface area contributed by atoms with Crippen molar-refractivity contribution in [2.24, 2.45) is 0 Å². The molecule has 1 aromatic rings. The predicted molar refractivity (Wildman–Crippen MR) is 73.4 cm³/mol. The molecule has 0 radical (unpaired) electrons. The van der Waals surface area contributed by atoms with Gasteiger partial charge in [0.05, 0.1) is 18.1 Å². The second-order valence-corrected chi connectivity index (χ2v) is 4.31. The Kier molecular flexibility index (Phi) is 6.04. The van der Waals surface area contributed by atoms with Crippen LogP contribution >= 0.6 is 0 Å². The average Bonchev–Trinajstić information content (AvgIpc) is 2.45. The van der Waals surface area contributed by atoms with Crippen LogP contribution < -0.4 is 5.32 Å². The summed E-state index contributed by atoms with van der Waals surface area (Å²) in [7, 11) is 1.63. The number of carbonyl (C=O) groups excluding carboxylic acids is 1. The maximum absolute atomic E-state index is 11.6. The fraction of sp³-hybridized carbons (Fsp3) is 0.357. The largest absolute Gasteiger partial charge is 0.478 e. The molecule has 0 spiro atoms. The van der Waals surface area contributed by atoms with Gasteiger partial charge in [-0.3, -0.25) is 0 Å². The van der Waals surface area contributed by atoms with Crippen LogP contribution in [0.5, 0.6) is 0 Å². The fourth-order valence-corrected chi connectivity index (χ4v) is 1.58. The van der Waals surface area contributed by atoms with E-state index in [4.69, 9.17) is 10.4 Å². The van der Waals surface area contributed by atoms with E-state index >= 15 is 0 Å². The molecule has 0 bridgehead atoms. The van der Waals surface area contributed by atoms with Crippen LogP contribution in [0.2, 0.25) is 0 Å². The maximum atomic E-state index is 11.6. The van der Waals surface area contributed by atoms with E-state index in [0.717, 1.165) is 5.56 Å². The van der Waals surface area contributed by atoms with Crippen LogP contribution in [-0.4, -0.2) is 42.1 Å². The molecule has 0 atom stereocenters. The Morgan fingerprint density at radius 2 is 2.00 bits per heavy atom. The van der Waals surface area contributed by atoms with Crippen molar-refractivity contribution in [1.82, 2.24) is 10.2 Å². The monoisotopic (exact) mass is 275 g/mol. The van der Waals surface area contributed by atoms with E-state index in [1.165, 1.54) is 4.90 Å². The lowest BCUT2D eigenvalue weighted by Crippen LogP contribution is -2.38. The molecule has 0 heterocycles. The minimum Gasteiger partial charge on any atom is -0.478 e. The standard InChI is InChI=1S/C14H17N3O3/c1-17(10-2-8-15)14(20)16-9-7-11-3-5-12(6-4-11)13(18)19/h3-6H,2,7,9-10H2,1H3,(H,16,20)(H,18,19). The lowest BCUT2D eigenvalue weighted by atomic mass is 10.1. The smallest absolute Gasteiger partial charge is 0.335 e. The zero-order chi connectivity index (χ0) is 15.0. The number of benzene rings is 1. The van der Waals surface area contributed by atoms with Gasteiger partial charge in [0.25, 0.3) is 0 Å². The molecular formula is C14H17N3O3. The first-order valence-electron chi connectivity index (χ1n) is 6.22. The number of nitriles is 1. The molecule has 0 unspecified atom stereocenters. The van der Waals surface area contributed by atoms with Gasteiger partial charge in [-0.1, -0.05) is 12.1 Å². The highest BCUT2D eigenvalue weighted by molar-refractivity contribution is 5.87. The van der Waals surface area contributed by atoms with Crippen LogP contribution in [-0.2, 0) is 6.42 Å². The topological polar surface area (TPSA) is 93.4 Å². The zero-order valence-electron chi connectivity index (χ0n) is 11.3. The van der Waals surface area contributed by atoms with Crippen molar-refractivity contribution in [3.63, 3.8) is 0 Å². The first-order chi connectivity index (χ1) is 9.54. The molecule has 0 saturated carbocycles. The number of carbonyl (C=O) groups is 2. The Morgan fingerprint density at radius 1 is 1.35 bits per heavy atom. The molecule has 1 aromatic carbocycles. The highest BCUT2D eigenvalue weighted by Gasteiger charge is 2.07. The Bertz CT molecular complexity index is 505. The van der Waals surface area contributed by atoms with Crippen LogP contribution in [0.4, 0.5) is 4.79 Å². The van der Waals surface area contributed by atoms with E-state index in [1.807, 2.05) is 6.07 Å². The van der Waals surface area contributed by atoms with Gasteiger partial charge in [-0.25, -0.2) is 9.59 Å². The first kappa shape index (κ1) is 15.5. The highest BCUT2D eigenvalue weighted by atomic mass is 16.4. The number of rotatable bonds is 6. The molecule has 2 amide bonds. The second kappa shape index (κ2) is 7.79. The summed E-state index contributed by atoms with van der Waals surface area (Å²) in [5.74, 6) is -0.955. The van der Waals surface area contributed by atoms with Gasteiger partial charge < -0.3 is 15.3 Å². The summed E-state index contributed by atoms with van der Waals surface area (Å²) in [6.07, 6.45) is 0.929. The minimum absolute atomic E-state index is 0.220. The summed E-state index contributed by atoms with van der Waals surface area (Å²) >= 11 is 0. The van der Waals surface area contributed by atoms with E-state index in [9.17, 15) is 9.59 Å². The van der Waals surface area contributed by atoms with Gasteiger partial charge in [0.2, 0.25) is 0 Å². The third-order valence-corrected chi connectivity index (χ3v) is 2.80. The maximum Gasteiger partial charge on any atom is 0.335 e. The number of carboxylic acids is 1. The molecule has 0 fully saturated rings. The van der Waals surface area contributed by atoms with Crippen molar-refractivity contribution in [2.45, 2.75) is 12.8 Å². The molecule has 0 aliphatic carbocycles. The average molecular weight is 275 g/mol. The molecule has 0 aromatic heterocycles. The summed E-state index contributed by atoms with van der Waals surface area (Å²) in [4.78, 5) is 23.8. The molecular weight excluding hydrogens is 258 g/mol. The summed E-state index contributed by atoms with van der Waals surface area (Å²) in [5, 5.41) is 19.9. The van der Waals surface area contributed by atoms with Crippen molar-refractivity contribution < 1.29 is 14.7 Å². The molecule has 106 valence electrons. The number of nitrogens with one attached hydrogen (secondary N) is 1. The molecule has 2 N–H and O–H groups in total. The van der Waals surface area contributed by atoms with Gasteiger partial charge in [0, 0.05) is 20.1 Å². The Balaban J connectivity index is 2.35. The van der Waals surface area contributed by atoms with E-state index < -0.39 is 5.97 Å². The molecule has 20 heavy (non-hydrogen) atoms. The van der Waals surface area contributed by atoms with E-state index in [2.05, 4.69) is 5.32 Å². The summed E-state index contributed by atoms with van der Waals surface area (Å²) in [6, 6.07) is 8.30. The number of aromatic carboxylic acids is 1. The zero-order valence-corrected chi connectivity index (χ0v) is 11.3. The minimum atomic E-state index is -0.955. The van der Waals surface area contributed by atoms with Gasteiger partial charge in [-0.05, 0) is 24.1 Å². The van der Waals surface area contributed by atoms with Gasteiger partial charge in [0.15, 0.2) is 0 Å². The quantitative estimate of drug-likeness (QED) is 0.822. The highest BCUT2D eigenvalue weighted by Crippen LogP contribution is 2.04. The van der Waals surface area contributed by atoms with Crippen molar-refractivity contribution in [3.05, 3.63) is 35.4 Å². The van der Waals surface area contributed by atoms with Crippen LogP contribution in [0.15, 0.2) is 24.3 Å². The molecule has 0 aliphatic rings.